The first-order valence-electron chi connectivity index (χ1n) is 3.91. The van der Waals surface area contributed by atoms with E-state index in [-0.39, 0.29) is 0 Å². The highest BCUT2D eigenvalue weighted by molar-refractivity contribution is 6.24. The first kappa shape index (κ1) is 9.28. The van der Waals surface area contributed by atoms with Gasteiger partial charge in [0.25, 0.3) is 5.25 Å². The SMILES string of the molecule is ClC1COC(Cl)(c2ccccc2)O1. The molecule has 2 atom stereocenters. The zero-order valence-electron chi connectivity index (χ0n) is 6.74. The molecule has 1 aromatic carbocycles. The lowest BCUT2D eigenvalue weighted by Crippen LogP contribution is -2.19. The first-order valence-corrected chi connectivity index (χ1v) is 4.72. The molecule has 0 spiro atoms. The summed E-state index contributed by atoms with van der Waals surface area (Å²) in [5.74, 6) is 0. The van der Waals surface area contributed by atoms with E-state index in [4.69, 9.17) is 32.7 Å². The zero-order valence-corrected chi connectivity index (χ0v) is 8.26. The van der Waals surface area contributed by atoms with Crippen LogP contribution < -0.4 is 0 Å². The molecule has 4 heteroatoms. The lowest BCUT2D eigenvalue weighted by atomic mass is 10.2. The summed E-state index contributed by atoms with van der Waals surface area (Å²) in [5.41, 5.74) is 0.289. The third-order valence-corrected chi connectivity index (χ3v) is 2.43. The summed E-state index contributed by atoms with van der Waals surface area (Å²) in [5, 5.41) is -1.20. The van der Waals surface area contributed by atoms with Crippen molar-refractivity contribution in [3.63, 3.8) is 0 Å². The fourth-order valence-electron chi connectivity index (χ4n) is 1.19. The van der Waals surface area contributed by atoms with Crippen LogP contribution in [0.1, 0.15) is 5.56 Å². The molecule has 1 aliphatic rings. The molecule has 2 nitrogen and oxygen atoms in total. The van der Waals surface area contributed by atoms with Crippen LogP contribution in [-0.4, -0.2) is 12.2 Å². The second-order valence-electron chi connectivity index (χ2n) is 2.74. The molecule has 0 saturated carbocycles. The van der Waals surface area contributed by atoms with E-state index in [1.807, 2.05) is 30.3 Å². The highest BCUT2D eigenvalue weighted by Crippen LogP contribution is 2.38. The number of halogens is 2. The second kappa shape index (κ2) is 3.46. The van der Waals surface area contributed by atoms with Crippen molar-refractivity contribution in [3.05, 3.63) is 35.9 Å². The Morgan fingerprint density at radius 1 is 1.31 bits per heavy atom. The molecule has 70 valence electrons. The topological polar surface area (TPSA) is 18.5 Å². The predicted octanol–water partition coefficient (Wildman–Crippen LogP) is 2.65. The number of benzene rings is 1. The summed E-state index contributed by atoms with van der Waals surface area (Å²) >= 11 is 11.8. The van der Waals surface area contributed by atoms with Crippen LogP contribution in [0.25, 0.3) is 0 Å². The molecule has 13 heavy (non-hydrogen) atoms. The summed E-state index contributed by atoms with van der Waals surface area (Å²) in [6.45, 7) is 0.306. The molecule has 0 aliphatic carbocycles. The number of hydrogen-bond acceptors (Lipinski definition) is 2. The maximum Gasteiger partial charge on any atom is 0.278 e. The van der Waals surface area contributed by atoms with E-state index in [0.29, 0.717) is 6.61 Å². The standard InChI is InChI=1S/C9H8Cl2O2/c10-8-6-12-9(11,13-8)7-4-2-1-3-5-7/h1-5,8H,6H2. The Bertz CT molecular complexity index is 291. The van der Waals surface area contributed by atoms with Crippen LogP contribution in [0.15, 0.2) is 30.3 Å². The van der Waals surface area contributed by atoms with Crippen molar-refractivity contribution in [2.45, 2.75) is 10.8 Å². The third kappa shape index (κ3) is 1.81. The number of rotatable bonds is 1. The predicted molar refractivity (Wildman–Crippen MR) is 50.7 cm³/mol. The minimum absolute atomic E-state index is 0.306. The molecule has 2 unspecified atom stereocenters. The molecule has 1 saturated heterocycles. The Labute approximate surface area is 86.4 Å². The Morgan fingerprint density at radius 3 is 2.54 bits per heavy atom. The molecule has 0 aromatic heterocycles. The van der Waals surface area contributed by atoms with E-state index >= 15 is 0 Å². The summed E-state index contributed by atoms with van der Waals surface area (Å²) in [6.07, 6.45) is 0. The van der Waals surface area contributed by atoms with E-state index in [1.165, 1.54) is 0 Å². The van der Waals surface area contributed by atoms with Gasteiger partial charge in [0.1, 0.15) is 0 Å². The molecule has 1 heterocycles. The van der Waals surface area contributed by atoms with E-state index in [9.17, 15) is 0 Å². The average molecular weight is 219 g/mol. The fourth-order valence-corrected chi connectivity index (χ4v) is 1.72. The van der Waals surface area contributed by atoms with Crippen LogP contribution in [0.5, 0.6) is 0 Å². The van der Waals surface area contributed by atoms with Gasteiger partial charge in [-0.1, -0.05) is 53.5 Å². The Balaban J connectivity index is 2.26. The van der Waals surface area contributed by atoms with E-state index in [0.717, 1.165) is 5.56 Å². The maximum atomic E-state index is 6.06. The largest absolute Gasteiger partial charge is 0.329 e. The van der Waals surface area contributed by atoms with E-state index < -0.39 is 10.8 Å². The number of ether oxygens (including phenoxy) is 2. The maximum absolute atomic E-state index is 6.06. The summed E-state index contributed by atoms with van der Waals surface area (Å²) in [7, 11) is 0. The van der Waals surface area contributed by atoms with Crippen molar-refractivity contribution < 1.29 is 9.47 Å². The van der Waals surface area contributed by atoms with Gasteiger partial charge in [0, 0.05) is 5.56 Å². The molecule has 0 bridgehead atoms. The van der Waals surface area contributed by atoms with Crippen molar-refractivity contribution in [2.75, 3.05) is 6.61 Å². The van der Waals surface area contributed by atoms with Gasteiger partial charge in [0.2, 0.25) is 0 Å². The molecular formula is C9H8Cl2O2. The number of hydrogen-bond donors (Lipinski definition) is 0. The molecule has 0 N–H and O–H groups in total. The lowest BCUT2D eigenvalue weighted by Gasteiger charge is -2.19. The summed E-state index contributed by atoms with van der Waals surface area (Å²) < 4.78 is 10.5. The van der Waals surface area contributed by atoms with Crippen molar-refractivity contribution in [2.24, 2.45) is 0 Å². The van der Waals surface area contributed by atoms with Crippen molar-refractivity contribution in [1.82, 2.24) is 0 Å². The van der Waals surface area contributed by atoms with Crippen molar-refractivity contribution >= 4 is 23.2 Å². The molecule has 1 aliphatic heterocycles. The van der Waals surface area contributed by atoms with Gasteiger partial charge >= 0.3 is 0 Å². The Morgan fingerprint density at radius 2 is 2.00 bits per heavy atom. The molecule has 2 rings (SSSR count). The Hall–Kier alpha value is -0.280. The van der Waals surface area contributed by atoms with E-state index in [2.05, 4.69) is 0 Å². The van der Waals surface area contributed by atoms with Crippen molar-refractivity contribution in [3.8, 4) is 0 Å². The van der Waals surface area contributed by atoms with Crippen molar-refractivity contribution in [1.29, 1.82) is 0 Å². The third-order valence-electron chi connectivity index (χ3n) is 1.80. The van der Waals surface area contributed by atoms with Gasteiger partial charge in [0.05, 0.1) is 6.61 Å². The van der Waals surface area contributed by atoms with Crippen LogP contribution in [-0.2, 0) is 14.7 Å². The number of alkyl halides is 2. The van der Waals surface area contributed by atoms with Gasteiger partial charge in [-0.25, -0.2) is 0 Å². The van der Waals surface area contributed by atoms with Gasteiger partial charge in [0.15, 0.2) is 5.56 Å². The summed E-state index contributed by atoms with van der Waals surface area (Å²) in [4.78, 5) is 0. The minimum atomic E-state index is -1.20. The van der Waals surface area contributed by atoms with Crippen LogP contribution in [0.2, 0.25) is 0 Å². The Kier molecular flexibility index (Phi) is 2.47. The highest BCUT2D eigenvalue weighted by Gasteiger charge is 2.40. The highest BCUT2D eigenvalue weighted by atomic mass is 35.5. The zero-order chi connectivity index (χ0) is 9.31. The van der Waals surface area contributed by atoms with Crippen LogP contribution >= 0.6 is 23.2 Å². The smallest absolute Gasteiger partial charge is 0.278 e. The normalized spacial score (nSPS) is 33.5. The van der Waals surface area contributed by atoms with Gasteiger partial charge < -0.3 is 9.47 Å². The van der Waals surface area contributed by atoms with E-state index in [1.54, 1.807) is 0 Å². The fraction of sp³-hybridized carbons (Fsp3) is 0.333. The van der Waals surface area contributed by atoms with Gasteiger partial charge in [-0.2, -0.15) is 0 Å². The van der Waals surface area contributed by atoms with Crippen LogP contribution in [0, 0.1) is 0 Å². The van der Waals surface area contributed by atoms with Crippen LogP contribution in [0.3, 0.4) is 0 Å². The quantitative estimate of drug-likeness (QED) is 0.676. The second-order valence-corrected chi connectivity index (χ2v) is 3.73. The monoisotopic (exact) mass is 218 g/mol. The van der Waals surface area contributed by atoms with Crippen LogP contribution in [0.4, 0.5) is 0 Å². The average Bonchev–Trinajstić information content (AvgIpc) is 2.49. The van der Waals surface area contributed by atoms with Gasteiger partial charge in [-0.3, -0.25) is 0 Å². The molecule has 1 fully saturated rings. The summed E-state index contributed by atoms with van der Waals surface area (Å²) in [6, 6.07) is 9.31. The molecule has 0 radical (unpaired) electrons. The molecule has 1 aromatic rings. The first-order chi connectivity index (χ1) is 6.21. The van der Waals surface area contributed by atoms with Gasteiger partial charge in [-0.15, -0.1) is 0 Å². The molecule has 0 amide bonds. The lowest BCUT2D eigenvalue weighted by molar-refractivity contribution is -0.0944. The minimum Gasteiger partial charge on any atom is -0.329 e. The van der Waals surface area contributed by atoms with Gasteiger partial charge in [-0.05, 0) is 0 Å². The molecular weight excluding hydrogens is 211 g/mol.